The van der Waals surface area contributed by atoms with Crippen LogP contribution in [0.1, 0.15) is 20.8 Å². The first-order valence-electron chi connectivity index (χ1n) is 11.7. The number of rotatable bonds is 6. The van der Waals surface area contributed by atoms with Gasteiger partial charge in [0.25, 0.3) is 5.91 Å². The summed E-state index contributed by atoms with van der Waals surface area (Å²) in [5.74, 6) is 1.02. The van der Waals surface area contributed by atoms with E-state index in [0.717, 1.165) is 11.3 Å². The lowest BCUT2D eigenvalue weighted by Crippen LogP contribution is -2.59. The summed E-state index contributed by atoms with van der Waals surface area (Å²) in [6, 6.07) is 5.22. The molecule has 0 spiro atoms. The van der Waals surface area contributed by atoms with Crippen molar-refractivity contribution in [2.45, 2.75) is 26.8 Å². The summed E-state index contributed by atoms with van der Waals surface area (Å²) in [5, 5.41) is 11.2. The molecule has 2 unspecified atom stereocenters. The van der Waals surface area contributed by atoms with Crippen molar-refractivity contribution in [1.82, 2.24) is 9.91 Å². The lowest BCUT2D eigenvalue weighted by Gasteiger charge is -2.43. The Morgan fingerprint density at radius 1 is 1.25 bits per heavy atom. The van der Waals surface area contributed by atoms with Crippen molar-refractivity contribution in [2.24, 2.45) is 10.9 Å². The van der Waals surface area contributed by atoms with E-state index < -0.39 is 6.04 Å². The van der Waals surface area contributed by atoms with E-state index in [1.54, 1.807) is 41.1 Å². The molecule has 8 nitrogen and oxygen atoms in total. The molecule has 1 aromatic rings. The molecular weight excluding hydrogens is 461 g/mol. The van der Waals surface area contributed by atoms with Crippen molar-refractivity contribution in [3.63, 3.8) is 0 Å². The Labute approximate surface area is 210 Å². The second kappa shape index (κ2) is 10.6. The summed E-state index contributed by atoms with van der Waals surface area (Å²) in [5.41, 5.74) is 2.34. The first-order valence-corrected chi connectivity index (χ1v) is 11.7. The summed E-state index contributed by atoms with van der Waals surface area (Å²) in [6.07, 6.45) is 12.8. The number of allylic oxidation sites excluding steroid dienone is 6. The summed E-state index contributed by atoms with van der Waals surface area (Å²) in [7, 11) is 1.60. The highest BCUT2D eigenvalue weighted by molar-refractivity contribution is 6.09. The Kier molecular flexibility index (Phi) is 7.38. The number of nitrogens with one attached hydrogen (secondary N) is 1. The molecule has 1 amide bonds. The van der Waals surface area contributed by atoms with E-state index in [1.165, 1.54) is 18.5 Å². The van der Waals surface area contributed by atoms with Crippen molar-refractivity contribution in [1.29, 1.82) is 5.41 Å². The zero-order valence-electron chi connectivity index (χ0n) is 20.8. The maximum atomic E-state index is 13.5. The van der Waals surface area contributed by atoms with E-state index in [9.17, 15) is 9.18 Å². The minimum Gasteiger partial charge on any atom is -0.495 e. The minimum atomic E-state index is -0.620. The molecule has 1 fully saturated rings. The second-order valence-electron chi connectivity index (χ2n) is 8.75. The molecule has 4 rings (SSSR count). The number of hydrazine groups is 1. The van der Waals surface area contributed by atoms with Gasteiger partial charge < -0.3 is 14.4 Å². The van der Waals surface area contributed by atoms with Gasteiger partial charge in [-0.1, -0.05) is 17.7 Å². The van der Waals surface area contributed by atoms with Gasteiger partial charge in [0.15, 0.2) is 11.6 Å². The van der Waals surface area contributed by atoms with E-state index in [4.69, 9.17) is 14.9 Å². The molecule has 0 bridgehead atoms. The topological polar surface area (TPSA) is 81.5 Å². The van der Waals surface area contributed by atoms with Gasteiger partial charge in [-0.3, -0.25) is 20.2 Å². The normalized spacial score (nSPS) is 22.5. The van der Waals surface area contributed by atoms with Crippen LogP contribution in [0.4, 0.5) is 10.1 Å². The Morgan fingerprint density at radius 2 is 1.97 bits per heavy atom. The predicted molar refractivity (Wildman–Crippen MR) is 137 cm³/mol. The third-order valence-corrected chi connectivity index (χ3v) is 5.80. The van der Waals surface area contributed by atoms with E-state index in [2.05, 4.69) is 4.99 Å². The third-order valence-electron chi connectivity index (χ3n) is 5.80. The SMILES string of the molecule is COC1=C(N(C=N)C=C(C)C)C=CC(/C=C2\OCCN3C2=NC(C)C(=O)N3c2ccc(F)cc2)C=C1. The lowest BCUT2D eigenvalue weighted by atomic mass is 10.1. The molecule has 36 heavy (non-hydrogen) atoms. The van der Waals surface area contributed by atoms with E-state index in [1.807, 2.05) is 50.4 Å². The van der Waals surface area contributed by atoms with Gasteiger partial charge in [-0.15, -0.1) is 0 Å². The van der Waals surface area contributed by atoms with Crippen LogP contribution in [-0.4, -0.2) is 54.3 Å². The van der Waals surface area contributed by atoms with E-state index in [-0.39, 0.29) is 17.6 Å². The molecule has 2 aliphatic heterocycles. The molecule has 2 heterocycles. The fourth-order valence-corrected chi connectivity index (χ4v) is 4.13. The number of carbonyl (C=O) groups is 1. The zero-order valence-corrected chi connectivity index (χ0v) is 20.8. The van der Waals surface area contributed by atoms with Crippen LogP contribution < -0.4 is 5.01 Å². The fraction of sp³-hybridized carbons (Fsp3) is 0.296. The van der Waals surface area contributed by atoms with Gasteiger partial charge in [-0.2, -0.15) is 0 Å². The van der Waals surface area contributed by atoms with Crippen LogP contribution in [0.3, 0.4) is 0 Å². The average Bonchev–Trinajstić information content (AvgIpc) is 3.06. The zero-order chi connectivity index (χ0) is 25.8. The monoisotopic (exact) mass is 491 g/mol. The first-order chi connectivity index (χ1) is 17.3. The fourth-order valence-electron chi connectivity index (χ4n) is 4.13. The molecule has 1 saturated heterocycles. The Balaban J connectivity index is 1.66. The smallest absolute Gasteiger partial charge is 0.270 e. The number of morpholine rings is 1. The van der Waals surface area contributed by atoms with Gasteiger partial charge in [0, 0.05) is 12.1 Å². The number of anilines is 1. The number of hydrogen-bond acceptors (Lipinski definition) is 6. The number of aliphatic imine (C=N–C) groups is 1. The number of methoxy groups -OCH3 is 1. The maximum absolute atomic E-state index is 13.5. The second-order valence-corrected chi connectivity index (χ2v) is 8.75. The van der Waals surface area contributed by atoms with Crippen LogP contribution in [0.2, 0.25) is 0 Å². The predicted octanol–water partition coefficient (Wildman–Crippen LogP) is 4.52. The standard InChI is InChI=1S/C27H30FN5O3/c1-18(2)16-31(17-29)23-11-5-20(6-12-24(23)35-4)15-25-26-30-19(3)27(34)33(32(26)13-14-36-25)22-9-7-21(28)8-10-22/h5-12,15-17,19-20,29H,13-14H2,1-4H3/b25-15-,29-17?. The molecule has 1 aromatic carbocycles. The van der Waals surface area contributed by atoms with E-state index in [0.29, 0.717) is 36.2 Å². The van der Waals surface area contributed by atoms with Gasteiger partial charge in [-0.05, 0) is 63.3 Å². The van der Waals surface area contributed by atoms with Crippen LogP contribution in [-0.2, 0) is 14.3 Å². The lowest BCUT2D eigenvalue weighted by molar-refractivity contribution is -0.122. The van der Waals surface area contributed by atoms with Gasteiger partial charge in [-0.25, -0.2) is 9.40 Å². The molecular formula is C27H30FN5O3. The van der Waals surface area contributed by atoms with Gasteiger partial charge in [0.1, 0.15) is 24.2 Å². The van der Waals surface area contributed by atoms with Crippen molar-refractivity contribution in [3.8, 4) is 0 Å². The Morgan fingerprint density at radius 3 is 2.64 bits per heavy atom. The van der Waals surface area contributed by atoms with Crippen molar-refractivity contribution < 1.29 is 18.7 Å². The van der Waals surface area contributed by atoms with Crippen LogP contribution in [0, 0.1) is 17.1 Å². The van der Waals surface area contributed by atoms with Crippen molar-refractivity contribution in [2.75, 3.05) is 25.3 Å². The molecule has 3 aliphatic rings. The number of amidine groups is 1. The highest BCUT2D eigenvalue weighted by Crippen LogP contribution is 2.29. The highest BCUT2D eigenvalue weighted by atomic mass is 19.1. The summed E-state index contributed by atoms with van der Waals surface area (Å²) in [6.45, 7) is 6.45. The number of carbonyl (C=O) groups excluding carboxylic acids is 1. The van der Waals surface area contributed by atoms with Crippen molar-refractivity contribution in [3.05, 3.63) is 89.5 Å². The summed E-state index contributed by atoms with van der Waals surface area (Å²) in [4.78, 5) is 19.4. The Bertz CT molecular complexity index is 1210. The number of nitrogens with zero attached hydrogens (tertiary/aromatic N) is 4. The van der Waals surface area contributed by atoms with Crippen LogP contribution in [0.25, 0.3) is 0 Å². The largest absolute Gasteiger partial charge is 0.495 e. The summed E-state index contributed by atoms with van der Waals surface area (Å²) < 4.78 is 25.1. The van der Waals surface area contributed by atoms with Gasteiger partial charge in [0.05, 0.1) is 31.4 Å². The molecule has 0 aromatic heterocycles. The third kappa shape index (κ3) is 5.10. The number of ether oxygens (including phenoxy) is 2. The molecule has 2 atom stereocenters. The number of benzene rings is 1. The molecule has 1 N–H and O–H groups in total. The van der Waals surface area contributed by atoms with Gasteiger partial charge >= 0.3 is 0 Å². The quantitative estimate of drug-likeness (QED) is 0.467. The first kappa shape index (κ1) is 25.0. The molecule has 0 saturated carbocycles. The van der Waals surface area contributed by atoms with Crippen LogP contribution in [0.15, 0.2) is 88.6 Å². The van der Waals surface area contributed by atoms with Crippen LogP contribution in [0.5, 0.6) is 0 Å². The minimum absolute atomic E-state index is 0.156. The average molecular weight is 492 g/mol. The number of fused-ring (bicyclic) bond motifs is 1. The molecule has 9 heteroatoms. The highest BCUT2D eigenvalue weighted by Gasteiger charge is 2.38. The number of halogens is 1. The summed E-state index contributed by atoms with van der Waals surface area (Å²) >= 11 is 0. The molecule has 188 valence electrons. The molecule has 0 radical (unpaired) electrons. The number of hydrogen-bond donors (Lipinski definition) is 1. The van der Waals surface area contributed by atoms with Gasteiger partial charge in [0.2, 0.25) is 0 Å². The number of amides is 1. The van der Waals surface area contributed by atoms with Crippen LogP contribution >= 0.6 is 0 Å². The Hall–Kier alpha value is -4.14. The maximum Gasteiger partial charge on any atom is 0.270 e. The van der Waals surface area contributed by atoms with E-state index >= 15 is 0 Å². The van der Waals surface area contributed by atoms with Crippen molar-refractivity contribution >= 4 is 23.8 Å². The molecule has 1 aliphatic carbocycles.